The van der Waals surface area contributed by atoms with Crippen LogP contribution in [0.2, 0.25) is 0 Å². The molecule has 0 aliphatic heterocycles. The lowest BCUT2D eigenvalue weighted by Gasteiger charge is -2.32. The Labute approximate surface area is 281 Å². The summed E-state index contributed by atoms with van der Waals surface area (Å²) < 4.78 is 16.7. The standard InChI is InChI=1S/C44H36NO2P/c1-5-31-19-21-36(27-32(31)6-2)29(3)45(30(4)37-22-20-33-13-7-8-16-38(33)28-37)48-46-41-25-23-34-14-9-11-17-39(34)43(41)44-40-18-12-10-15-35(40)24-26-42(44)47-48/h5-30H,1-2H2,3-4H3/t29-,30?/m1/s1. The van der Waals surface area contributed by atoms with Crippen molar-refractivity contribution >= 4 is 74.6 Å². The predicted molar refractivity (Wildman–Crippen MR) is 207 cm³/mol. The number of nitrogens with zero attached hydrogens (tertiary/aromatic N) is 1. The maximum Gasteiger partial charge on any atom is 0.310 e. The molecule has 1 unspecified atom stereocenters. The smallest absolute Gasteiger partial charge is 0.310 e. The first-order valence-corrected chi connectivity index (χ1v) is 17.5. The molecule has 0 aliphatic rings. The van der Waals surface area contributed by atoms with Gasteiger partial charge in [-0.2, -0.15) is 4.67 Å². The number of rotatable bonds is 7. The molecule has 7 aromatic carbocycles. The minimum Gasteiger partial charge on any atom is -0.408 e. The quantitative estimate of drug-likeness (QED) is 0.173. The van der Waals surface area contributed by atoms with E-state index < -0.39 is 8.16 Å². The third kappa shape index (κ3) is 5.13. The molecule has 8 rings (SSSR count). The Bertz CT molecular complexity index is 2470. The van der Waals surface area contributed by atoms with Crippen molar-refractivity contribution in [3.8, 4) is 0 Å². The Morgan fingerprint density at radius 2 is 1.00 bits per heavy atom. The van der Waals surface area contributed by atoms with Gasteiger partial charge in [0.1, 0.15) is 11.2 Å². The lowest BCUT2D eigenvalue weighted by atomic mass is 9.98. The molecule has 234 valence electrons. The average Bonchev–Trinajstić information content (AvgIpc) is 3.31. The summed E-state index contributed by atoms with van der Waals surface area (Å²) in [5, 5.41) is 9.19. The largest absolute Gasteiger partial charge is 0.408 e. The zero-order valence-electron chi connectivity index (χ0n) is 27.1. The van der Waals surface area contributed by atoms with Crippen LogP contribution in [0, 0.1) is 0 Å². The van der Waals surface area contributed by atoms with Gasteiger partial charge < -0.3 is 8.39 Å². The van der Waals surface area contributed by atoms with Gasteiger partial charge in [-0.1, -0.05) is 135 Å². The first-order valence-electron chi connectivity index (χ1n) is 16.4. The number of hydrogen-bond donors (Lipinski definition) is 0. The highest BCUT2D eigenvalue weighted by Crippen LogP contribution is 2.48. The Kier molecular flexibility index (Phi) is 7.73. The van der Waals surface area contributed by atoms with Gasteiger partial charge in [-0.25, -0.2) is 0 Å². The molecule has 1 aromatic heterocycles. The van der Waals surface area contributed by atoms with Gasteiger partial charge in [-0.15, -0.1) is 0 Å². The summed E-state index contributed by atoms with van der Waals surface area (Å²) >= 11 is 0. The molecule has 0 spiro atoms. The summed E-state index contributed by atoms with van der Waals surface area (Å²) in [6.45, 7) is 12.6. The third-order valence-electron chi connectivity index (χ3n) is 9.66. The SMILES string of the molecule is C=Cc1ccc([C@@H](C)N(C(C)c2ccc3ccccc3c2)p2oc3ccc4ccccc4c3c3c(ccc4ccccc43)o2)cc1C=C. The predicted octanol–water partition coefficient (Wildman–Crippen LogP) is 13.5. The van der Waals surface area contributed by atoms with Crippen molar-refractivity contribution in [2.45, 2.75) is 25.9 Å². The molecule has 3 nitrogen and oxygen atoms in total. The second-order valence-corrected chi connectivity index (χ2v) is 13.7. The molecule has 0 bridgehead atoms. The Morgan fingerprint density at radius 3 is 1.58 bits per heavy atom. The van der Waals surface area contributed by atoms with Crippen molar-refractivity contribution in [1.82, 2.24) is 0 Å². The molecular weight excluding hydrogens is 605 g/mol. The summed E-state index contributed by atoms with van der Waals surface area (Å²) in [4.78, 5) is 0. The van der Waals surface area contributed by atoms with Crippen molar-refractivity contribution < 1.29 is 8.39 Å². The lowest BCUT2D eigenvalue weighted by Crippen LogP contribution is -2.27. The highest BCUT2D eigenvalue weighted by Gasteiger charge is 2.30. The van der Waals surface area contributed by atoms with Crippen molar-refractivity contribution in [1.29, 1.82) is 0 Å². The Morgan fingerprint density at radius 1 is 0.521 bits per heavy atom. The van der Waals surface area contributed by atoms with Crippen LogP contribution >= 0.6 is 8.16 Å². The summed E-state index contributed by atoms with van der Waals surface area (Å²) in [5.41, 5.74) is 6.11. The van der Waals surface area contributed by atoms with Gasteiger partial charge in [-0.05, 0) is 92.7 Å². The molecule has 0 saturated heterocycles. The van der Waals surface area contributed by atoms with Crippen LogP contribution in [-0.4, -0.2) is 0 Å². The maximum absolute atomic E-state index is 7.17. The molecule has 0 fully saturated rings. The fourth-order valence-corrected chi connectivity index (χ4v) is 8.76. The molecule has 0 aliphatic carbocycles. The Hall–Kier alpha value is -5.34. The van der Waals surface area contributed by atoms with Crippen molar-refractivity contribution in [3.63, 3.8) is 0 Å². The van der Waals surface area contributed by atoms with Crippen LogP contribution in [0.1, 0.15) is 48.2 Å². The molecule has 0 radical (unpaired) electrons. The van der Waals surface area contributed by atoms with E-state index in [1.54, 1.807) is 0 Å². The lowest BCUT2D eigenvalue weighted by molar-refractivity contribution is 0.558. The van der Waals surface area contributed by atoms with Gasteiger partial charge in [0.15, 0.2) is 0 Å². The molecule has 48 heavy (non-hydrogen) atoms. The highest BCUT2D eigenvalue weighted by molar-refractivity contribution is 7.39. The third-order valence-corrected chi connectivity index (χ3v) is 11.4. The molecular formula is C44H36NO2P. The summed E-state index contributed by atoms with van der Waals surface area (Å²) in [6.07, 6.45) is 3.78. The van der Waals surface area contributed by atoms with Crippen LogP contribution in [0.5, 0.6) is 0 Å². The molecule has 1 heterocycles. The summed E-state index contributed by atoms with van der Waals surface area (Å²) in [6, 6.07) is 47.3. The topological polar surface area (TPSA) is 29.5 Å². The van der Waals surface area contributed by atoms with E-state index in [0.29, 0.717) is 0 Å². The zero-order valence-corrected chi connectivity index (χ0v) is 28.0. The summed E-state index contributed by atoms with van der Waals surface area (Å²) in [5.74, 6) is 0. The average molecular weight is 642 g/mol. The van der Waals surface area contributed by atoms with E-state index in [1.165, 1.54) is 27.1 Å². The number of hydrogen-bond acceptors (Lipinski definition) is 3. The molecule has 0 saturated carbocycles. The normalized spacial score (nSPS) is 13.0. The van der Waals surface area contributed by atoms with Gasteiger partial charge in [0.05, 0.1) is 0 Å². The minimum atomic E-state index is -1.65. The molecule has 8 aromatic rings. The maximum atomic E-state index is 7.17. The van der Waals surface area contributed by atoms with E-state index in [-0.39, 0.29) is 12.1 Å². The van der Waals surface area contributed by atoms with Crippen molar-refractivity contribution in [2.24, 2.45) is 0 Å². The summed E-state index contributed by atoms with van der Waals surface area (Å²) in [7, 11) is -1.65. The van der Waals surface area contributed by atoms with Gasteiger partial charge >= 0.3 is 8.16 Å². The first-order chi connectivity index (χ1) is 23.5. The van der Waals surface area contributed by atoms with Crippen molar-refractivity contribution in [3.05, 3.63) is 169 Å². The fraction of sp³-hybridized carbons (Fsp3) is 0.0909. The van der Waals surface area contributed by atoms with E-state index in [2.05, 4.69) is 165 Å². The van der Waals surface area contributed by atoms with Crippen LogP contribution in [-0.2, 0) is 0 Å². The monoisotopic (exact) mass is 641 g/mol. The molecule has 2 atom stereocenters. The highest BCUT2D eigenvalue weighted by atomic mass is 31.1. The Balaban J connectivity index is 1.44. The van der Waals surface area contributed by atoms with Crippen molar-refractivity contribution in [2.75, 3.05) is 4.67 Å². The van der Waals surface area contributed by atoms with Crippen LogP contribution in [0.25, 0.3) is 66.4 Å². The van der Waals surface area contributed by atoms with Crippen LogP contribution in [0.4, 0.5) is 0 Å². The van der Waals surface area contributed by atoms with E-state index in [4.69, 9.17) is 8.39 Å². The van der Waals surface area contributed by atoms with Crippen LogP contribution in [0.15, 0.2) is 155 Å². The van der Waals surface area contributed by atoms with E-state index >= 15 is 0 Å². The van der Waals surface area contributed by atoms with Gasteiger partial charge in [0.25, 0.3) is 0 Å². The first kappa shape index (κ1) is 30.0. The number of fused-ring (bicyclic) bond motifs is 8. The second-order valence-electron chi connectivity index (χ2n) is 12.4. The van der Waals surface area contributed by atoms with Gasteiger partial charge in [-0.3, -0.25) is 0 Å². The molecule has 4 heteroatoms. The second kappa shape index (κ2) is 12.4. The fourth-order valence-electron chi connectivity index (χ4n) is 7.06. The van der Waals surface area contributed by atoms with Crippen LogP contribution < -0.4 is 4.67 Å². The molecule has 0 N–H and O–H groups in total. The zero-order chi connectivity index (χ0) is 32.8. The molecule has 0 amide bonds. The number of benzene rings is 7. The van der Waals surface area contributed by atoms with E-state index in [9.17, 15) is 0 Å². The van der Waals surface area contributed by atoms with Gasteiger partial charge in [0.2, 0.25) is 0 Å². The van der Waals surface area contributed by atoms with Gasteiger partial charge in [0, 0.05) is 22.9 Å². The van der Waals surface area contributed by atoms with E-state index in [0.717, 1.165) is 49.4 Å². The van der Waals surface area contributed by atoms with E-state index in [1.807, 2.05) is 12.2 Å². The minimum absolute atomic E-state index is 0.0482. The van der Waals surface area contributed by atoms with Crippen LogP contribution in [0.3, 0.4) is 0 Å².